The van der Waals surface area contributed by atoms with Crippen molar-refractivity contribution in [1.29, 1.82) is 0 Å². The summed E-state index contributed by atoms with van der Waals surface area (Å²) in [7, 11) is 1.25. The molecule has 1 aliphatic rings. The van der Waals surface area contributed by atoms with Gasteiger partial charge in [0, 0.05) is 72.8 Å². The highest BCUT2D eigenvalue weighted by Gasteiger charge is 2.36. The lowest BCUT2D eigenvalue weighted by Gasteiger charge is -2.31. The lowest BCUT2D eigenvalue weighted by molar-refractivity contribution is -0.0494. The molecule has 0 radical (unpaired) electrons. The molecule has 1 aromatic heterocycles. The Morgan fingerprint density at radius 3 is 2.21 bits per heavy atom. The largest absolute Gasteiger partial charge is 0.465 e. The van der Waals surface area contributed by atoms with Crippen LogP contribution in [-0.2, 0) is 0 Å². The molecule has 6 nitrogen and oxygen atoms in total. The predicted octanol–water partition coefficient (Wildman–Crippen LogP) is 7.17. The second-order valence-corrected chi connectivity index (χ2v) is 9.34. The van der Waals surface area contributed by atoms with Gasteiger partial charge in [-0.05, 0) is 42.0 Å². The maximum Gasteiger partial charge on any atom is 0.413 e. The number of carbonyl (C=O) groups is 2. The van der Waals surface area contributed by atoms with Crippen LogP contribution in [-0.4, -0.2) is 48.1 Å². The Morgan fingerprint density at radius 2 is 1.56 bits per heavy atom. The minimum absolute atomic E-state index is 0.0129. The molecular weight excluding hydrogens is 523 g/mol. The van der Waals surface area contributed by atoms with Gasteiger partial charge in [0.25, 0.3) is 11.8 Å². The van der Waals surface area contributed by atoms with Gasteiger partial charge in [0.05, 0.1) is 0 Å². The number of alkyl halides is 2. The predicted molar refractivity (Wildman–Crippen MR) is 133 cm³/mol. The number of carbonyl (C=O) groups excluding carboxylic acids is 1. The Kier molecular flexibility index (Phi) is 6.53. The zero-order chi connectivity index (χ0) is 28.1. The van der Waals surface area contributed by atoms with Crippen molar-refractivity contribution >= 4 is 28.9 Å². The smallest absolute Gasteiger partial charge is 0.413 e. The molecule has 5 rings (SSSR count). The van der Waals surface area contributed by atoms with Gasteiger partial charge in [-0.3, -0.25) is 9.69 Å². The summed E-state index contributed by atoms with van der Waals surface area (Å²) in [5, 5.41) is 9.65. The second-order valence-electron chi connectivity index (χ2n) is 9.34. The van der Waals surface area contributed by atoms with E-state index in [1.54, 1.807) is 0 Å². The molecule has 4 aromatic rings. The van der Waals surface area contributed by atoms with Crippen LogP contribution in [0.1, 0.15) is 23.2 Å². The van der Waals surface area contributed by atoms with Crippen LogP contribution >= 0.6 is 0 Å². The molecule has 0 spiro atoms. The number of halogens is 5. The Hall–Kier alpha value is -4.41. The SMILES string of the molecule is CN(C(=O)O)c1cc2cc(-c3ccc(C(=O)N4CCC(F)(F)CC4)cc3F)cc(-c3ccc(F)cc3F)c2o1. The summed E-state index contributed by atoms with van der Waals surface area (Å²) in [4.78, 5) is 26.3. The topological polar surface area (TPSA) is 74.0 Å². The van der Waals surface area contributed by atoms with Gasteiger partial charge in [0.2, 0.25) is 5.88 Å². The van der Waals surface area contributed by atoms with E-state index >= 15 is 4.39 Å². The minimum atomic E-state index is -2.83. The number of likely N-dealkylation sites (tertiary alicyclic amines) is 1. The Bertz CT molecular complexity index is 1610. The lowest BCUT2D eigenvalue weighted by Crippen LogP contribution is -2.42. The van der Waals surface area contributed by atoms with Crippen molar-refractivity contribution in [3.8, 4) is 22.3 Å². The molecule has 3 aromatic carbocycles. The van der Waals surface area contributed by atoms with E-state index in [4.69, 9.17) is 4.42 Å². The zero-order valence-electron chi connectivity index (χ0n) is 20.5. The maximum absolute atomic E-state index is 15.4. The van der Waals surface area contributed by atoms with Crippen LogP contribution in [0, 0.1) is 17.5 Å². The molecule has 1 saturated heterocycles. The summed E-state index contributed by atoms with van der Waals surface area (Å²) in [5.74, 6) is -5.99. The van der Waals surface area contributed by atoms with Gasteiger partial charge in [0.1, 0.15) is 23.0 Å². The average Bonchev–Trinajstić information content (AvgIpc) is 3.31. The molecule has 0 unspecified atom stereocenters. The van der Waals surface area contributed by atoms with Crippen LogP contribution in [0.2, 0.25) is 0 Å². The number of rotatable bonds is 4. The van der Waals surface area contributed by atoms with Gasteiger partial charge in [0.15, 0.2) is 0 Å². The normalized spacial score (nSPS) is 15.0. The molecule has 1 N–H and O–H groups in total. The number of furan rings is 1. The molecule has 0 atom stereocenters. The number of anilines is 1. The Balaban J connectivity index is 1.58. The van der Waals surface area contributed by atoms with Crippen LogP contribution in [0.25, 0.3) is 33.2 Å². The molecular formula is C28H21F5N2O4. The first-order chi connectivity index (χ1) is 18.4. The van der Waals surface area contributed by atoms with Crippen LogP contribution in [0.15, 0.2) is 59.0 Å². The maximum atomic E-state index is 15.4. The first-order valence-electron chi connectivity index (χ1n) is 11.9. The van der Waals surface area contributed by atoms with E-state index in [1.165, 1.54) is 48.3 Å². The van der Waals surface area contributed by atoms with E-state index in [1.807, 2.05) is 0 Å². The number of hydrogen-bond donors (Lipinski definition) is 1. The molecule has 11 heteroatoms. The Morgan fingerprint density at radius 1 is 0.897 bits per heavy atom. The lowest BCUT2D eigenvalue weighted by atomic mass is 9.95. The number of piperidine rings is 1. The van der Waals surface area contributed by atoms with Crippen LogP contribution in [0.3, 0.4) is 0 Å². The minimum Gasteiger partial charge on any atom is -0.465 e. The second kappa shape index (κ2) is 9.72. The van der Waals surface area contributed by atoms with E-state index in [0.29, 0.717) is 11.5 Å². The fourth-order valence-electron chi connectivity index (χ4n) is 4.56. The van der Waals surface area contributed by atoms with Crippen molar-refractivity contribution in [2.75, 3.05) is 25.0 Å². The summed E-state index contributed by atoms with van der Waals surface area (Å²) in [5.41, 5.74) is 0.440. The number of amides is 2. The number of hydrogen-bond acceptors (Lipinski definition) is 3. The number of carboxylic acid groups (broad SMARTS) is 1. The highest BCUT2D eigenvalue weighted by Crippen LogP contribution is 2.40. The average molecular weight is 544 g/mol. The van der Waals surface area contributed by atoms with Gasteiger partial charge in [-0.15, -0.1) is 0 Å². The zero-order valence-corrected chi connectivity index (χ0v) is 20.5. The van der Waals surface area contributed by atoms with E-state index in [9.17, 15) is 32.3 Å². The summed E-state index contributed by atoms with van der Waals surface area (Å²) in [6.45, 7) is -0.293. The highest BCUT2D eigenvalue weighted by atomic mass is 19.3. The van der Waals surface area contributed by atoms with Crippen molar-refractivity contribution in [2.45, 2.75) is 18.8 Å². The quantitative estimate of drug-likeness (QED) is 0.277. The van der Waals surface area contributed by atoms with Crippen molar-refractivity contribution in [2.24, 2.45) is 0 Å². The van der Waals surface area contributed by atoms with E-state index in [2.05, 4.69) is 0 Å². The monoisotopic (exact) mass is 544 g/mol. The van der Waals surface area contributed by atoms with Crippen molar-refractivity contribution in [3.05, 3.63) is 77.6 Å². The van der Waals surface area contributed by atoms with Crippen molar-refractivity contribution in [1.82, 2.24) is 4.90 Å². The van der Waals surface area contributed by atoms with Crippen LogP contribution in [0.5, 0.6) is 0 Å². The summed E-state index contributed by atoms with van der Waals surface area (Å²) in [6, 6.07) is 10.9. The highest BCUT2D eigenvalue weighted by molar-refractivity contribution is 6.00. The summed E-state index contributed by atoms with van der Waals surface area (Å²) in [6.07, 6.45) is -2.25. The molecule has 2 amide bonds. The van der Waals surface area contributed by atoms with Crippen molar-refractivity contribution in [3.63, 3.8) is 0 Å². The van der Waals surface area contributed by atoms with Gasteiger partial charge in [-0.25, -0.2) is 26.7 Å². The number of fused-ring (bicyclic) bond motifs is 1. The van der Waals surface area contributed by atoms with E-state index in [-0.39, 0.29) is 52.4 Å². The van der Waals surface area contributed by atoms with Crippen molar-refractivity contribution < 1.29 is 41.1 Å². The van der Waals surface area contributed by atoms with Gasteiger partial charge < -0.3 is 14.4 Å². The van der Waals surface area contributed by atoms with Gasteiger partial charge in [-0.2, -0.15) is 0 Å². The number of nitrogens with zero attached hydrogens (tertiary/aromatic N) is 2. The first kappa shape index (κ1) is 26.2. The Labute approximate surface area is 218 Å². The van der Waals surface area contributed by atoms with Gasteiger partial charge in [-0.1, -0.05) is 6.07 Å². The van der Waals surface area contributed by atoms with Crippen LogP contribution in [0.4, 0.5) is 32.6 Å². The van der Waals surface area contributed by atoms with E-state index in [0.717, 1.165) is 17.0 Å². The fraction of sp³-hybridized carbons (Fsp3) is 0.214. The fourth-order valence-corrected chi connectivity index (χ4v) is 4.56. The van der Waals surface area contributed by atoms with Crippen LogP contribution < -0.4 is 4.90 Å². The molecule has 39 heavy (non-hydrogen) atoms. The third-order valence-corrected chi connectivity index (χ3v) is 6.75. The molecule has 0 bridgehead atoms. The molecule has 0 aliphatic carbocycles. The first-order valence-corrected chi connectivity index (χ1v) is 11.9. The number of benzene rings is 3. The summed E-state index contributed by atoms with van der Waals surface area (Å²) >= 11 is 0. The molecule has 0 saturated carbocycles. The third kappa shape index (κ3) is 5.04. The molecule has 1 aliphatic heterocycles. The molecule has 1 fully saturated rings. The molecule has 2 heterocycles. The molecule has 202 valence electrons. The summed E-state index contributed by atoms with van der Waals surface area (Å²) < 4.78 is 76.4. The third-order valence-electron chi connectivity index (χ3n) is 6.75. The van der Waals surface area contributed by atoms with Gasteiger partial charge >= 0.3 is 6.09 Å². The van der Waals surface area contributed by atoms with E-state index < -0.39 is 48.2 Å². The standard InChI is InChI=1S/C28H21F5N2O4/c1-34(27(37)38)24-13-17-10-16(11-21(25(17)39-24)20-5-3-18(29)14-23(20)31)19-4-2-15(12-22(19)30)26(36)35-8-6-28(32,33)7-9-35/h2-5,10-14H,6-9H2,1H3,(H,37,38).